The number of carboxylic acids is 1. The van der Waals surface area contributed by atoms with E-state index in [1.807, 2.05) is 60.7 Å². The average Bonchev–Trinajstić information content (AvgIpc) is 2.62. The van der Waals surface area contributed by atoms with Crippen LogP contribution in [0.1, 0.15) is 27.6 Å². The third kappa shape index (κ3) is 4.33. The minimum absolute atomic E-state index is 0.261. The topological polar surface area (TPSA) is 46.5 Å². The zero-order chi connectivity index (χ0) is 17.8. The predicted octanol–water partition coefficient (Wildman–Crippen LogP) is 5.76. The molecule has 1 N–H and O–H groups in total. The fourth-order valence-corrected chi connectivity index (χ4v) is 4.52. The second-order valence-corrected chi connectivity index (χ2v) is 7.72. The van der Waals surface area contributed by atoms with Crippen molar-refractivity contribution in [3.63, 3.8) is 0 Å². The van der Waals surface area contributed by atoms with Crippen molar-refractivity contribution in [1.82, 2.24) is 0 Å². The van der Waals surface area contributed by atoms with Gasteiger partial charge in [0.05, 0.1) is 12.7 Å². The Hall–Kier alpha value is -1.61. The molecule has 0 aliphatic carbocycles. The van der Waals surface area contributed by atoms with Crippen LogP contribution >= 0.6 is 45.2 Å². The molecule has 126 valence electrons. The zero-order valence-electron chi connectivity index (χ0n) is 13.0. The van der Waals surface area contributed by atoms with E-state index in [9.17, 15) is 9.90 Å². The quantitative estimate of drug-likeness (QED) is 0.407. The summed E-state index contributed by atoms with van der Waals surface area (Å²) in [7, 11) is 0. The molecule has 0 radical (unpaired) electrons. The Labute approximate surface area is 173 Å². The molecule has 0 saturated heterocycles. The van der Waals surface area contributed by atoms with Crippen molar-refractivity contribution in [3.8, 4) is 5.75 Å². The summed E-state index contributed by atoms with van der Waals surface area (Å²) >= 11 is 4.25. The van der Waals surface area contributed by atoms with E-state index in [0.29, 0.717) is 5.75 Å². The summed E-state index contributed by atoms with van der Waals surface area (Å²) in [5, 5.41) is 9.22. The van der Waals surface area contributed by atoms with Gasteiger partial charge in [-0.25, -0.2) is 4.79 Å². The molecule has 3 aromatic rings. The number of ether oxygens (including phenoxy) is 1. The van der Waals surface area contributed by atoms with Crippen LogP contribution in [0.4, 0.5) is 0 Å². The molecule has 0 atom stereocenters. The van der Waals surface area contributed by atoms with E-state index < -0.39 is 5.97 Å². The normalized spacial score (nSPS) is 10.7. The van der Waals surface area contributed by atoms with E-state index in [2.05, 4.69) is 45.2 Å². The summed E-state index contributed by atoms with van der Waals surface area (Å²) in [6.07, 6.45) is -0.264. The number of hydrogen-bond acceptors (Lipinski definition) is 2. The predicted molar refractivity (Wildman–Crippen MR) is 114 cm³/mol. The molecule has 3 aromatic carbocycles. The molecule has 0 amide bonds. The molecule has 0 spiro atoms. The molecule has 0 fully saturated rings. The van der Waals surface area contributed by atoms with Gasteiger partial charge in [-0.2, -0.15) is 0 Å². The molecular weight excluding hydrogens is 542 g/mol. The van der Waals surface area contributed by atoms with Crippen LogP contribution in [0.15, 0.2) is 72.8 Å². The van der Waals surface area contributed by atoms with Gasteiger partial charge in [0.25, 0.3) is 0 Å². The molecule has 0 heterocycles. The molecule has 25 heavy (non-hydrogen) atoms. The lowest BCUT2D eigenvalue weighted by atomic mass is 10.0. The maximum atomic E-state index is 11.2. The Bertz CT molecular complexity index is 817. The molecule has 3 rings (SSSR count). The fraction of sp³-hybridized carbons (Fsp3) is 0.0500. The van der Waals surface area contributed by atoms with Gasteiger partial charge in [0.2, 0.25) is 0 Å². The number of carboxylic acid groups (broad SMARTS) is 1. The molecule has 3 nitrogen and oxygen atoms in total. The van der Waals surface area contributed by atoms with E-state index in [-0.39, 0.29) is 11.7 Å². The fourth-order valence-electron chi connectivity index (χ4n) is 2.50. The number of aromatic carboxylic acids is 1. The first-order valence-corrected chi connectivity index (χ1v) is 9.71. The van der Waals surface area contributed by atoms with Crippen LogP contribution in [0.25, 0.3) is 0 Å². The van der Waals surface area contributed by atoms with Crippen LogP contribution < -0.4 is 4.74 Å². The van der Waals surface area contributed by atoms with E-state index in [4.69, 9.17) is 4.74 Å². The van der Waals surface area contributed by atoms with Crippen molar-refractivity contribution in [2.75, 3.05) is 0 Å². The van der Waals surface area contributed by atoms with Crippen molar-refractivity contribution in [1.29, 1.82) is 0 Å². The molecule has 5 heteroatoms. The monoisotopic (exact) mass is 556 g/mol. The SMILES string of the molecule is O=C(O)c1cc(I)c(OC(c2ccccc2)c2ccccc2)c(I)c1. The van der Waals surface area contributed by atoms with Crippen LogP contribution in [-0.4, -0.2) is 11.1 Å². The standard InChI is InChI=1S/C20H14I2O3/c21-16-11-15(20(23)24)12-17(22)19(16)25-18(13-7-3-1-4-8-13)14-9-5-2-6-10-14/h1-12,18H,(H,23,24). The van der Waals surface area contributed by atoms with Gasteiger partial charge in [-0.3, -0.25) is 0 Å². The highest BCUT2D eigenvalue weighted by Crippen LogP contribution is 2.35. The van der Waals surface area contributed by atoms with Crippen molar-refractivity contribution in [3.05, 3.63) is 96.6 Å². The van der Waals surface area contributed by atoms with Crippen molar-refractivity contribution < 1.29 is 14.6 Å². The average molecular weight is 556 g/mol. The lowest BCUT2D eigenvalue weighted by Crippen LogP contribution is -2.11. The van der Waals surface area contributed by atoms with Crippen LogP contribution in [0.3, 0.4) is 0 Å². The van der Waals surface area contributed by atoms with Crippen LogP contribution in [-0.2, 0) is 0 Å². The van der Waals surface area contributed by atoms with Gasteiger partial charge in [-0.05, 0) is 68.4 Å². The molecular formula is C20H14I2O3. The summed E-state index contributed by atoms with van der Waals surface area (Å²) in [4.78, 5) is 11.2. The number of benzene rings is 3. The van der Waals surface area contributed by atoms with Crippen LogP contribution in [0.2, 0.25) is 0 Å². The highest BCUT2D eigenvalue weighted by atomic mass is 127. The highest BCUT2D eigenvalue weighted by Gasteiger charge is 2.20. The summed E-state index contributed by atoms with van der Waals surface area (Å²) in [6, 6.07) is 23.3. The van der Waals surface area contributed by atoms with Gasteiger partial charge in [-0.1, -0.05) is 60.7 Å². The minimum Gasteiger partial charge on any atom is -0.479 e. The first-order valence-electron chi connectivity index (χ1n) is 7.55. The lowest BCUT2D eigenvalue weighted by Gasteiger charge is -2.22. The minimum atomic E-state index is -0.940. The second kappa shape index (κ2) is 8.18. The second-order valence-electron chi connectivity index (χ2n) is 5.39. The number of rotatable bonds is 5. The third-order valence-corrected chi connectivity index (χ3v) is 5.29. The molecule has 0 aliphatic rings. The summed E-state index contributed by atoms with van der Waals surface area (Å²) in [5.41, 5.74) is 2.35. The van der Waals surface area contributed by atoms with Gasteiger partial charge < -0.3 is 9.84 Å². The van der Waals surface area contributed by atoms with Gasteiger partial charge in [0.15, 0.2) is 0 Å². The van der Waals surface area contributed by atoms with Gasteiger partial charge in [0.1, 0.15) is 11.9 Å². The van der Waals surface area contributed by atoms with Crippen molar-refractivity contribution in [2.24, 2.45) is 0 Å². The maximum absolute atomic E-state index is 11.2. The van der Waals surface area contributed by atoms with E-state index >= 15 is 0 Å². The van der Waals surface area contributed by atoms with Crippen molar-refractivity contribution >= 4 is 51.2 Å². The largest absolute Gasteiger partial charge is 0.479 e. The van der Waals surface area contributed by atoms with E-state index in [1.54, 1.807) is 12.1 Å². The Balaban J connectivity index is 2.04. The van der Waals surface area contributed by atoms with Crippen molar-refractivity contribution in [2.45, 2.75) is 6.10 Å². The Morgan fingerprint density at radius 3 is 1.68 bits per heavy atom. The van der Waals surface area contributed by atoms with Gasteiger partial charge >= 0.3 is 5.97 Å². The van der Waals surface area contributed by atoms with Gasteiger partial charge in [0, 0.05) is 0 Å². The van der Waals surface area contributed by atoms with Crippen LogP contribution in [0, 0.1) is 7.14 Å². The highest BCUT2D eigenvalue weighted by molar-refractivity contribution is 14.1. The van der Waals surface area contributed by atoms with E-state index in [0.717, 1.165) is 18.3 Å². The first-order chi connectivity index (χ1) is 12.1. The first kappa shape index (κ1) is 18.2. The number of hydrogen-bond donors (Lipinski definition) is 1. The number of halogens is 2. The Morgan fingerprint density at radius 1 is 0.840 bits per heavy atom. The molecule has 0 bridgehead atoms. The summed E-state index contributed by atoms with van der Waals surface area (Å²) in [6.45, 7) is 0. The smallest absolute Gasteiger partial charge is 0.335 e. The van der Waals surface area contributed by atoms with E-state index in [1.165, 1.54) is 0 Å². The third-order valence-electron chi connectivity index (χ3n) is 3.69. The molecule has 0 aromatic heterocycles. The molecule has 0 aliphatic heterocycles. The molecule has 0 unspecified atom stereocenters. The summed E-state index contributed by atoms with van der Waals surface area (Å²) in [5.74, 6) is -0.242. The number of carbonyl (C=O) groups is 1. The van der Waals surface area contributed by atoms with Gasteiger partial charge in [-0.15, -0.1) is 0 Å². The van der Waals surface area contributed by atoms with Crippen LogP contribution in [0.5, 0.6) is 5.75 Å². The zero-order valence-corrected chi connectivity index (χ0v) is 17.3. The molecule has 0 saturated carbocycles. The maximum Gasteiger partial charge on any atom is 0.335 e. The lowest BCUT2D eigenvalue weighted by molar-refractivity contribution is 0.0696. The Morgan fingerprint density at radius 2 is 1.28 bits per heavy atom. The summed E-state index contributed by atoms with van der Waals surface area (Å²) < 4.78 is 7.93. The Kier molecular flexibility index (Phi) is 5.95.